The summed E-state index contributed by atoms with van der Waals surface area (Å²) < 4.78 is 3.50. The smallest absolute Gasteiger partial charge is 0.0484 e. The van der Waals surface area contributed by atoms with Crippen LogP contribution in [0.3, 0.4) is 0 Å². The lowest BCUT2D eigenvalue weighted by molar-refractivity contribution is 0.501. The fourth-order valence-corrected chi connectivity index (χ4v) is 3.00. The zero-order chi connectivity index (χ0) is 11.3. The van der Waals surface area contributed by atoms with E-state index in [2.05, 4.69) is 58.0 Å². The fourth-order valence-electron chi connectivity index (χ4n) is 2.64. The number of nitrogens with one attached hydrogen (secondary N) is 1. The van der Waals surface area contributed by atoms with E-state index in [1.54, 1.807) is 0 Å². The molecule has 1 aromatic heterocycles. The highest BCUT2D eigenvalue weighted by Crippen LogP contribution is 2.30. The topological polar surface area (TPSA) is 17.0 Å². The van der Waals surface area contributed by atoms with Gasteiger partial charge in [0.05, 0.1) is 0 Å². The molecule has 1 aromatic carbocycles. The van der Waals surface area contributed by atoms with Crippen molar-refractivity contribution in [3.63, 3.8) is 0 Å². The number of halogens is 1. The minimum atomic E-state index is 0.582. The van der Waals surface area contributed by atoms with E-state index in [4.69, 9.17) is 0 Å². The van der Waals surface area contributed by atoms with Gasteiger partial charge in [-0.05, 0) is 30.7 Å². The van der Waals surface area contributed by atoms with Crippen LogP contribution in [0.15, 0.2) is 22.7 Å². The molecule has 3 rings (SSSR count). The molecule has 3 heteroatoms. The van der Waals surface area contributed by atoms with Gasteiger partial charge in [-0.2, -0.15) is 0 Å². The van der Waals surface area contributed by atoms with E-state index in [1.807, 2.05) is 0 Å². The molecule has 0 saturated carbocycles. The summed E-state index contributed by atoms with van der Waals surface area (Å²) in [4.78, 5) is 0. The van der Waals surface area contributed by atoms with Crippen LogP contribution in [0.5, 0.6) is 0 Å². The zero-order valence-corrected chi connectivity index (χ0v) is 11.1. The molecular formula is C13H15BrN2. The molecule has 1 N–H and O–H groups in total. The molecule has 2 nitrogen and oxygen atoms in total. The lowest BCUT2D eigenvalue weighted by Gasteiger charge is -2.21. The van der Waals surface area contributed by atoms with Crippen molar-refractivity contribution in [2.45, 2.75) is 25.9 Å². The van der Waals surface area contributed by atoms with Gasteiger partial charge in [0.2, 0.25) is 0 Å². The summed E-state index contributed by atoms with van der Waals surface area (Å²) in [7, 11) is 2.17. The fraction of sp³-hybridized carbons (Fsp3) is 0.385. The molecule has 1 unspecified atom stereocenters. The van der Waals surface area contributed by atoms with Crippen molar-refractivity contribution in [1.82, 2.24) is 9.88 Å². The SMILES string of the molecule is CC1Cc2c(c3cc(Br)ccc3n2C)CN1. The van der Waals surface area contributed by atoms with Gasteiger partial charge in [-0.15, -0.1) is 0 Å². The number of hydrogen-bond acceptors (Lipinski definition) is 1. The Labute approximate surface area is 104 Å². The normalized spacial score (nSPS) is 20.1. The van der Waals surface area contributed by atoms with Gasteiger partial charge in [0.25, 0.3) is 0 Å². The van der Waals surface area contributed by atoms with Crippen LogP contribution in [0, 0.1) is 0 Å². The third-order valence-corrected chi connectivity index (χ3v) is 4.02. The Hall–Kier alpha value is -0.800. The van der Waals surface area contributed by atoms with Crippen molar-refractivity contribution < 1.29 is 0 Å². The van der Waals surface area contributed by atoms with Gasteiger partial charge in [0.15, 0.2) is 0 Å². The molecule has 1 aliphatic heterocycles. The summed E-state index contributed by atoms with van der Waals surface area (Å²) in [6, 6.07) is 7.12. The maximum absolute atomic E-state index is 3.55. The third-order valence-electron chi connectivity index (χ3n) is 3.53. The number of rotatable bonds is 0. The van der Waals surface area contributed by atoms with Crippen molar-refractivity contribution in [2.24, 2.45) is 7.05 Å². The predicted molar refractivity (Wildman–Crippen MR) is 70.6 cm³/mol. The van der Waals surface area contributed by atoms with Gasteiger partial charge in [-0.25, -0.2) is 0 Å². The van der Waals surface area contributed by atoms with Crippen LogP contribution >= 0.6 is 15.9 Å². The Morgan fingerprint density at radius 1 is 1.44 bits per heavy atom. The van der Waals surface area contributed by atoms with Crippen molar-refractivity contribution in [3.8, 4) is 0 Å². The maximum atomic E-state index is 3.55. The van der Waals surface area contributed by atoms with Crippen LogP contribution in [0.1, 0.15) is 18.2 Å². The standard InChI is InChI=1S/C13H15BrN2/c1-8-5-13-11(7-15-8)10-6-9(14)3-4-12(10)16(13)2/h3-4,6,8,15H,5,7H2,1-2H3. The molecule has 16 heavy (non-hydrogen) atoms. The van der Waals surface area contributed by atoms with Crippen LogP contribution in [-0.2, 0) is 20.0 Å². The minimum absolute atomic E-state index is 0.582. The minimum Gasteiger partial charge on any atom is -0.347 e. The van der Waals surface area contributed by atoms with Gasteiger partial charge in [-0.3, -0.25) is 0 Å². The van der Waals surface area contributed by atoms with Crippen LogP contribution in [0.4, 0.5) is 0 Å². The summed E-state index contributed by atoms with van der Waals surface area (Å²) in [6.45, 7) is 3.24. The zero-order valence-electron chi connectivity index (χ0n) is 9.55. The second-order valence-electron chi connectivity index (χ2n) is 4.63. The first-order valence-electron chi connectivity index (χ1n) is 5.66. The predicted octanol–water partition coefficient (Wildman–Crippen LogP) is 2.98. The van der Waals surface area contributed by atoms with E-state index in [0.29, 0.717) is 6.04 Å². The number of nitrogens with zero attached hydrogens (tertiary/aromatic N) is 1. The van der Waals surface area contributed by atoms with Gasteiger partial charge in [0.1, 0.15) is 0 Å². The molecule has 0 fully saturated rings. The first kappa shape index (κ1) is 10.4. The molecule has 0 aliphatic carbocycles. The van der Waals surface area contributed by atoms with Crippen molar-refractivity contribution >= 4 is 26.8 Å². The van der Waals surface area contributed by atoms with Gasteiger partial charge < -0.3 is 9.88 Å². The Morgan fingerprint density at radius 2 is 2.25 bits per heavy atom. The Bertz CT molecular complexity index is 557. The van der Waals surface area contributed by atoms with Gasteiger partial charge >= 0.3 is 0 Å². The second kappa shape index (κ2) is 3.60. The quantitative estimate of drug-likeness (QED) is 0.784. The summed E-state index contributed by atoms with van der Waals surface area (Å²) in [5.74, 6) is 0. The van der Waals surface area contributed by atoms with Crippen LogP contribution in [-0.4, -0.2) is 10.6 Å². The number of hydrogen-bond donors (Lipinski definition) is 1. The molecule has 2 heterocycles. The Kier molecular flexibility index (Phi) is 2.33. The lowest BCUT2D eigenvalue weighted by atomic mass is 10.0. The Balaban J connectivity index is 2.32. The van der Waals surface area contributed by atoms with E-state index >= 15 is 0 Å². The molecule has 1 aliphatic rings. The highest BCUT2D eigenvalue weighted by Gasteiger charge is 2.21. The largest absolute Gasteiger partial charge is 0.347 e. The van der Waals surface area contributed by atoms with Crippen LogP contribution < -0.4 is 5.32 Å². The van der Waals surface area contributed by atoms with Gasteiger partial charge in [-0.1, -0.05) is 15.9 Å². The average molecular weight is 279 g/mol. The first-order valence-corrected chi connectivity index (χ1v) is 6.45. The van der Waals surface area contributed by atoms with E-state index in [0.717, 1.165) is 17.4 Å². The number of benzene rings is 1. The molecule has 84 valence electrons. The van der Waals surface area contributed by atoms with Gasteiger partial charge in [0, 0.05) is 47.1 Å². The maximum Gasteiger partial charge on any atom is 0.0484 e. The number of fused-ring (bicyclic) bond motifs is 3. The molecule has 0 spiro atoms. The van der Waals surface area contributed by atoms with Crippen LogP contribution in [0.25, 0.3) is 10.9 Å². The van der Waals surface area contributed by atoms with Crippen molar-refractivity contribution in [3.05, 3.63) is 33.9 Å². The Morgan fingerprint density at radius 3 is 3.06 bits per heavy atom. The number of aromatic nitrogens is 1. The average Bonchev–Trinajstić information content (AvgIpc) is 2.52. The van der Waals surface area contributed by atoms with E-state index in [9.17, 15) is 0 Å². The molecule has 2 aromatic rings. The summed E-state index contributed by atoms with van der Waals surface area (Å²) in [5, 5.41) is 4.92. The highest BCUT2D eigenvalue weighted by atomic mass is 79.9. The third kappa shape index (κ3) is 1.42. The van der Waals surface area contributed by atoms with Crippen LogP contribution in [0.2, 0.25) is 0 Å². The molecular weight excluding hydrogens is 264 g/mol. The van der Waals surface area contributed by atoms with Crippen molar-refractivity contribution in [2.75, 3.05) is 0 Å². The molecule has 1 atom stereocenters. The highest BCUT2D eigenvalue weighted by molar-refractivity contribution is 9.10. The van der Waals surface area contributed by atoms with Crippen molar-refractivity contribution in [1.29, 1.82) is 0 Å². The summed E-state index contributed by atoms with van der Waals surface area (Å²) >= 11 is 3.55. The van der Waals surface area contributed by atoms with E-state index in [-0.39, 0.29) is 0 Å². The van der Waals surface area contributed by atoms with E-state index in [1.165, 1.54) is 22.2 Å². The number of aryl methyl sites for hydroxylation is 1. The molecule has 0 radical (unpaired) electrons. The molecule has 0 amide bonds. The molecule has 0 bridgehead atoms. The second-order valence-corrected chi connectivity index (χ2v) is 5.55. The monoisotopic (exact) mass is 278 g/mol. The lowest BCUT2D eigenvalue weighted by Crippen LogP contribution is -2.33. The summed E-state index contributed by atoms with van der Waals surface area (Å²) in [6.07, 6.45) is 1.12. The molecule has 0 saturated heterocycles. The first-order chi connectivity index (χ1) is 7.66. The van der Waals surface area contributed by atoms with E-state index < -0.39 is 0 Å². The summed E-state index contributed by atoms with van der Waals surface area (Å²) in [5.41, 5.74) is 4.29.